The maximum Gasteiger partial charge on any atom is 0.408 e. The number of aliphatic hydroxyl groups excluding tert-OH is 1. The Morgan fingerprint density at radius 1 is 1.57 bits per heavy atom. The summed E-state index contributed by atoms with van der Waals surface area (Å²) < 4.78 is 0. The van der Waals surface area contributed by atoms with Gasteiger partial charge < -0.3 is 10.2 Å². The van der Waals surface area contributed by atoms with Crippen molar-refractivity contribution in [1.82, 2.24) is 4.90 Å². The van der Waals surface area contributed by atoms with Gasteiger partial charge in [-0.15, -0.1) is 6.58 Å². The molecule has 1 unspecified atom stereocenters. The van der Waals surface area contributed by atoms with Crippen LogP contribution in [0, 0.1) is 0 Å². The van der Waals surface area contributed by atoms with Crippen LogP contribution in [0.5, 0.6) is 0 Å². The average molecular weight is 201 g/mol. The molecule has 1 amide bonds. The zero-order valence-corrected chi connectivity index (χ0v) is 9.03. The van der Waals surface area contributed by atoms with E-state index in [9.17, 15) is 4.79 Å². The average Bonchev–Trinajstić information content (AvgIpc) is 2.00. The fraction of sp³-hybridized carbons (Fsp3) is 0.700. The lowest BCUT2D eigenvalue weighted by molar-refractivity contribution is 0.0475. The summed E-state index contributed by atoms with van der Waals surface area (Å²) in [7, 11) is 0. The molecule has 0 rings (SSSR count). The van der Waals surface area contributed by atoms with E-state index in [2.05, 4.69) is 6.58 Å². The summed E-state index contributed by atoms with van der Waals surface area (Å²) >= 11 is 0. The largest absolute Gasteiger partial charge is 0.465 e. The van der Waals surface area contributed by atoms with Crippen LogP contribution in [0.1, 0.15) is 27.2 Å². The molecule has 4 heteroatoms. The van der Waals surface area contributed by atoms with Gasteiger partial charge in [0.25, 0.3) is 0 Å². The molecule has 0 aliphatic carbocycles. The first-order chi connectivity index (χ1) is 6.34. The van der Waals surface area contributed by atoms with Crippen LogP contribution in [-0.4, -0.2) is 39.4 Å². The zero-order chi connectivity index (χ0) is 11.4. The number of carboxylic acid groups (broad SMARTS) is 1. The monoisotopic (exact) mass is 201 g/mol. The fourth-order valence-electron chi connectivity index (χ4n) is 1.44. The van der Waals surface area contributed by atoms with Gasteiger partial charge in [0.2, 0.25) is 0 Å². The number of carbonyl (C=O) groups is 1. The molecule has 0 aromatic rings. The first kappa shape index (κ1) is 13.0. The van der Waals surface area contributed by atoms with E-state index in [0.29, 0.717) is 6.42 Å². The Hall–Kier alpha value is -1.03. The third-order valence-electron chi connectivity index (χ3n) is 1.94. The van der Waals surface area contributed by atoms with Crippen LogP contribution >= 0.6 is 0 Å². The van der Waals surface area contributed by atoms with E-state index in [0.717, 1.165) is 0 Å². The normalized spacial score (nSPS) is 13.4. The highest BCUT2D eigenvalue weighted by Crippen LogP contribution is 2.19. The predicted octanol–water partition coefficient (Wildman–Crippen LogP) is 1.70. The van der Waals surface area contributed by atoms with Gasteiger partial charge >= 0.3 is 6.09 Å². The van der Waals surface area contributed by atoms with E-state index < -0.39 is 17.7 Å². The number of nitrogens with zero attached hydrogens (tertiary/aromatic N) is 1. The van der Waals surface area contributed by atoms with Crippen molar-refractivity contribution in [2.75, 3.05) is 6.61 Å². The van der Waals surface area contributed by atoms with Gasteiger partial charge in [-0.05, 0) is 27.2 Å². The molecule has 1 atom stereocenters. The first-order valence-electron chi connectivity index (χ1n) is 4.58. The van der Waals surface area contributed by atoms with Crippen molar-refractivity contribution < 1.29 is 15.0 Å². The van der Waals surface area contributed by atoms with Crippen LogP contribution in [-0.2, 0) is 0 Å². The van der Waals surface area contributed by atoms with Gasteiger partial charge in [0, 0.05) is 5.54 Å². The van der Waals surface area contributed by atoms with Crippen molar-refractivity contribution in [3.8, 4) is 0 Å². The molecule has 14 heavy (non-hydrogen) atoms. The molecule has 0 saturated heterocycles. The van der Waals surface area contributed by atoms with Crippen LogP contribution in [0.15, 0.2) is 12.7 Å². The molecule has 0 heterocycles. The van der Waals surface area contributed by atoms with Crippen LogP contribution in [0.2, 0.25) is 0 Å². The SMILES string of the molecule is C=CCC(CO)N(C(=O)O)C(C)(C)C. The molecule has 2 N–H and O–H groups in total. The van der Waals surface area contributed by atoms with Crippen LogP contribution in [0.25, 0.3) is 0 Å². The third-order valence-corrected chi connectivity index (χ3v) is 1.94. The van der Waals surface area contributed by atoms with Crippen molar-refractivity contribution >= 4 is 6.09 Å². The molecule has 0 radical (unpaired) electrons. The lowest BCUT2D eigenvalue weighted by Gasteiger charge is -2.38. The molecule has 0 aromatic carbocycles. The summed E-state index contributed by atoms with van der Waals surface area (Å²) in [5.74, 6) is 0. The van der Waals surface area contributed by atoms with Crippen LogP contribution in [0.3, 0.4) is 0 Å². The van der Waals surface area contributed by atoms with E-state index in [-0.39, 0.29) is 6.61 Å². The molecule has 0 saturated carbocycles. The minimum atomic E-state index is -1.02. The Morgan fingerprint density at radius 3 is 2.29 bits per heavy atom. The molecule has 4 nitrogen and oxygen atoms in total. The topological polar surface area (TPSA) is 60.8 Å². The molecule has 0 spiro atoms. The van der Waals surface area contributed by atoms with Crippen molar-refractivity contribution in [2.24, 2.45) is 0 Å². The minimum Gasteiger partial charge on any atom is -0.465 e. The van der Waals surface area contributed by atoms with E-state index >= 15 is 0 Å². The van der Waals surface area contributed by atoms with Crippen molar-refractivity contribution in [1.29, 1.82) is 0 Å². The highest BCUT2D eigenvalue weighted by molar-refractivity contribution is 5.66. The Labute approximate surface area is 84.8 Å². The van der Waals surface area contributed by atoms with Gasteiger partial charge in [-0.1, -0.05) is 6.08 Å². The second-order valence-corrected chi connectivity index (χ2v) is 4.18. The molecule has 82 valence electrons. The third kappa shape index (κ3) is 3.38. The molecule has 0 aliphatic rings. The van der Waals surface area contributed by atoms with Crippen molar-refractivity contribution in [2.45, 2.75) is 38.8 Å². The van der Waals surface area contributed by atoms with Gasteiger partial charge in [0.05, 0.1) is 12.6 Å². The summed E-state index contributed by atoms with van der Waals surface area (Å²) in [5, 5.41) is 18.1. The number of aliphatic hydroxyl groups is 1. The molecule has 0 aromatic heterocycles. The zero-order valence-electron chi connectivity index (χ0n) is 9.03. The summed E-state index contributed by atoms with van der Waals surface area (Å²) in [4.78, 5) is 12.3. The second kappa shape index (κ2) is 5.00. The molecular weight excluding hydrogens is 182 g/mol. The van der Waals surface area contributed by atoms with Crippen LogP contribution < -0.4 is 0 Å². The Bertz CT molecular complexity index is 208. The lowest BCUT2D eigenvalue weighted by Crippen LogP contribution is -2.52. The van der Waals surface area contributed by atoms with E-state index in [1.165, 1.54) is 4.90 Å². The highest BCUT2D eigenvalue weighted by Gasteiger charge is 2.31. The molecular formula is C10H19NO3. The maximum absolute atomic E-state index is 11.0. The maximum atomic E-state index is 11.0. The number of hydrogen-bond acceptors (Lipinski definition) is 2. The van der Waals surface area contributed by atoms with E-state index in [1.54, 1.807) is 26.8 Å². The summed E-state index contributed by atoms with van der Waals surface area (Å²) in [6, 6.07) is -0.412. The van der Waals surface area contributed by atoms with E-state index in [1.807, 2.05) is 0 Å². The van der Waals surface area contributed by atoms with Gasteiger partial charge in [-0.3, -0.25) is 4.90 Å². The predicted molar refractivity (Wildman–Crippen MR) is 55.3 cm³/mol. The Kier molecular flexibility index (Phi) is 4.63. The Balaban J connectivity index is 4.78. The van der Waals surface area contributed by atoms with Crippen molar-refractivity contribution in [3.63, 3.8) is 0 Å². The standard InChI is InChI=1S/C10H19NO3/c1-5-6-8(7-12)11(9(13)14)10(2,3)4/h5,8,12H,1,6-7H2,2-4H3,(H,13,14). The smallest absolute Gasteiger partial charge is 0.408 e. The molecule has 0 aliphatic heterocycles. The van der Waals surface area contributed by atoms with Gasteiger partial charge in [0.15, 0.2) is 0 Å². The number of hydrogen-bond donors (Lipinski definition) is 2. The van der Waals surface area contributed by atoms with Gasteiger partial charge in [0.1, 0.15) is 0 Å². The lowest BCUT2D eigenvalue weighted by atomic mass is 10.0. The molecule has 0 bridgehead atoms. The van der Waals surface area contributed by atoms with E-state index in [4.69, 9.17) is 10.2 Å². The van der Waals surface area contributed by atoms with Gasteiger partial charge in [-0.25, -0.2) is 4.79 Å². The first-order valence-corrected chi connectivity index (χ1v) is 4.58. The minimum absolute atomic E-state index is 0.185. The second-order valence-electron chi connectivity index (χ2n) is 4.18. The molecule has 0 fully saturated rings. The summed E-state index contributed by atoms with van der Waals surface area (Å²) in [6.45, 7) is 8.75. The van der Waals surface area contributed by atoms with Gasteiger partial charge in [-0.2, -0.15) is 0 Å². The fourth-order valence-corrected chi connectivity index (χ4v) is 1.44. The highest BCUT2D eigenvalue weighted by atomic mass is 16.4. The quantitative estimate of drug-likeness (QED) is 0.680. The summed E-state index contributed by atoms with van der Waals surface area (Å²) in [5.41, 5.74) is -0.512. The van der Waals surface area contributed by atoms with Crippen LogP contribution in [0.4, 0.5) is 4.79 Å². The van der Waals surface area contributed by atoms with Crippen molar-refractivity contribution in [3.05, 3.63) is 12.7 Å². The summed E-state index contributed by atoms with van der Waals surface area (Å²) in [6.07, 6.45) is 1.06. The Morgan fingerprint density at radius 2 is 2.07 bits per heavy atom. The number of amides is 1. The number of rotatable bonds is 4.